The zero-order valence-corrected chi connectivity index (χ0v) is 14.7. The van der Waals surface area contributed by atoms with Gasteiger partial charge < -0.3 is 5.32 Å². The van der Waals surface area contributed by atoms with E-state index in [9.17, 15) is 9.18 Å². The van der Waals surface area contributed by atoms with Crippen LogP contribution in [-0.2, 0) is 4.79 Å². The number of likely N-dealkylation sites (tertiary alicyclic amines) is 1. The molecule has 1 aromatic carbocycles. The monoisotopic (exact) mass is 344 g/mol. The number of rotatable bonds is 5. The van der Waals surface area contributed by atoms with Gasteiger partial charge in [0, 0.05) is 12.6 Å². The van der Waals surface area contributed by atoms with Crippen LogP contribution in [0.4, 0.5) is 4.39 Å². The van der Waals surface area contributed by atoms with E-state index in [1.807, 2.05) is 26.3 Å². The van der Waals surface area contributed by atoms with Crippen molar-refractivity contribution < 1.29 is 9.18 Å². The van der Waals surface area contributed by atoms with Gasteiger partial charge in [0.05, 0.1) is 10.3 Å². The maximum atomic E-state index is 13.7. The highest BCUT2D eigenvalue weighted by molar-refractivity contribution is 7.99. The minimum Gasteiger partial charge on any atom is -0.355 e. The van der Waals surface area contributed by atoms with E-state index in [2.05, 4.69) is 10.2 Å². The van der Waals surface area contributed by atoms with Crippen LogP contribution in [0.1, 0.15) is 24.9 Å². The SMILES string of the molecule is CS[C@H](C)C(=O)NC[C@@H]1CCN(C)[C@@H]1c1ccc(Cl)c(F)c1. The lowest BCUT2D eigenvalue weighted by molar-refractivity contribution is -0.120. The second-order valence-electron chi connectivity index (χ2n) is 5.77. The summed E-state index contributed by atoms with van der Waals surface area (Å²) in [6.45, 7) is 3.45. The Balaban J connectivity index is 2.07. The van der Waals surface area contributed by atoms with Gasteiger partial charge in [-0.2, -0.15) is 11.8 Å². The Morgan fingerprint density at radius 1 is 1.59 bits per heavy atom. The van der Waals surface area contributed by atoms with Crippen molar-refractivity contribution in [1.29, 1.82) is 0 Å². The van der Waals surface area contributed by atoms with E-state index in [0.717, 1.165) is 18.5 Å². The summed E-state index contributed by atoms with van der Waals surface area (Å²) >= 11 is 7.30. The third-order valence-corrected chi connectivity index (χ3v) is 5.55. The van der Waals surface area contributed by atoms with E-state index >= 15 is 0 Å². The zero-order valence-electron chi connectivity index (χ0n) is 13.1. The molecule has 1 aliphatic rings. The van der Waals surface area contributed by atoms with Crippen LogP contribution in [0.5, 0.6) is 0 Å². The number of amides is 1. The number of hydrogen-bond donors (Lipinski definition) is 1. The first kappa shape index (κ1) is 17.6. The molecule has 0 bridgehead atoms. The molecule has 0 saturated carbocycles. The topological polar surface area (TPSA) is 32.3 Å². The van der Waals surface area contributed by atoms with Crippen molar-refractivity contribution in [2.75, 3.05) is 26.4 Å². The summed E-state index contributed by atoms with van der Waals surface area (Å²) in [6, 6.07) is 5.09. The van der Waals surface area contributed by atoms with Crippen LogP contribution in [0.3, 0.4) is 0 Å². The fourth-order valence-corrected chi connectivity index (χ4v) is 3.36. The quantitative estimate of drug-likeness (QED) is 0.889. The van der Waals surface area contributed by atoms with E-state index in [4.69, 9.17) is 11.6 Å². The van der Waals surface area contributed by atoms with Gasteiger partial charge in [-0.05, 0) is 56.8 Å². The van der Waals surface area contributed by atoms with Crippen molar-refractivity contribution in [2.24, 2.45) is 5.92 Å². The van der Waals surface area contributed by atoms with Gasteiger partial charge >= 0.3 is 0 Å². The minimum atomic E-state index is -0.391. The van der Waals surface area contributed by atoms with E-state index < -0.39 is 5.82 Å². The lowest BCUT2D eigenvalue weighted by Gasteiger charge is -2.26. The highest BCUT2D eigenvalue weighted by Gasteiger charge is 2.33. The fourth-order valence-electron chi connectivity index (χ4n) is 2.95. The summed E-state index contributed by atoms with van der Waals surface area (Å²) in [5.41, 5.74) is 0.916. The third-order valence-electron chi connectivity index (χ3n) is 4.32. The first-order valence-electron chi connectivity index (χ1n) is 7.39. The number of halogens is 2. The van der Waals surface area contributed by atoms with Crippen LogP contribution < -0.4 is 5.32 Å². The molecule has 1 aromatic rings. The average molecular weight is 345 g/mol. The molecule has 0 unspecified atom stereocenters. The Kier molecular flexibility index (Phi) is 6.12. The molecule has 3 atom stereocenters. The Bertz CT molecular complexity index is 543. The van der Waals surface area contributed by atoms with Crippen LogP contribution in [0.25, 0.3) is 0 Å². The number of carbonyl (C=O) groups is 1. The number of benzene rings is 1. The first-order valence-corrected chi connectivity index (χ1v) is 9.06. The molecule has 0 spiro atoms. The second-order valence-corrected chi connectivity index (χ2v) is 7.36. The van der Waals surface area contributed by atoms with Crippen molar-refractivity contribution >= 4 is 29.3 Å². The van der Waals surface area contributed by atoms with E-state index in [1.165, 1.54) is 17.8 Å². The number of hydrogen-bond acceptors (Lipinski definition) is 3. The van der Waals surface area contributed by atoms with E-state index in [-0.39, 0.29) is 28.1 Å². The average Bonchev–Trinajstić information content (AvgIpc) is 2.87. The van der Waals surface area contributed by atoms with Gasteiger partial charge in [-0.3, -0.25) is 9.69 Å². The predicted molar refractivity (Wildman–Crippen MR) is 90.9 cm³/mol. The normalized spacial score (nSPS) is 23.5. The van der Waals surface area contributed by atoms with Gasteiger partial charge in [0.2, 0.25) is 5.91 Å². The first-order chi connectivity index (χ1) is 10.4. The van der Waals surface area contributed by atoms with Crippen molar-refractivity contribution in [1.82, 2.24) is 10.2 Å². The lowest BCUT2D eigenvalue weighted by atomic mass is 9.93. The number of carbonyl (C=O) groups excluding carboxylic acids is 1. The molecule has 0 aliphatic carbocycles. The summed E-state index contributed by atoms with van der Waals surface area (Å²) in [4.78, 5) is 14.1. The molecule has 1 saturated heterocycles. The molecule has 1 heterocycles. The van der Waals surface area contributed by atoms with Gasteiger partial charge in [-0.25, -0.2) is 4.39 Å². The Labute approximate surface area is 140 Å². The molecular formula is C16H22ClFN2OS. The van der Waals surface area contributed by atoms with Gasteiger partial charge in [0.15, 0.2) is 0 Å². The standard InChI is InChI=1S/C16H22ClFN2OS/c1-10(22-3)16(21)19-9-12-6-7-20(2)15(12)11-4-5-13(17)14(18)8-11/h4-5,8,10,12,15H,6-7,9H2,1-3H3,(H,19,21)/t10-,12+,15-/m1/s1. The molecule has 0 aromatic heterocycles. The van der Waals surface area contributed by atoms with Crippen LogP contribution in [0, 0.1) is 11.7 Å². The Morgan fingerprint density at radius 3 is 2.95 bits per heavy atom. The Morgan fingerprint density at radius 2 is 2.32 bits per heavy atom. The number of nitrogens with one attached hydrogen (secondary N) is 1. The van der Waals surface area contributed by atoms with Crippen molar-refractivity contribution in [3.8, 4) is 0 Å². The summed E-state index contributed by atoms with van der Waals surface area (Å²) in [7, 11) is 2.03. The smallest absolute Gasteiger partial charge is 0.232 e. The summed E-state index contributed by atoms with van der Waals surface area (Å²) in [6.07, 6.45) is 2.91. The molecular weight excluding hydrogens is 323 g/mol. The predicted octanol–water partition coefficient (Wildman–Crippen LogP) is 3.34. The molecule has 0 radical (unpaired) electrons. The molecule has 2 rings (SSSR count). The minimum absolute atomic E-state index is 0.0504. The molecule has 1 amide bonds. The fraction of sp³-hybridized carbons (Fsp3) is 0.562. The van der Waals surface area contributed by atoms with Crippen LogP contribution in [-0.4, -0.2) is 42.4 Å². The Hall–Kier alpha value is -0.780. The van der Waals surface area contributed by atoms with Crippen LogP contribution in [0.2, 0.25) is 5.02 Å². The lowest BCUT2D eigenvalue weighted by Crippen LogP contribution is -2.36. The van der Waals surface area contributed by atoms with E-state index in [0.29, 0.717) is 6.54 Å². The molecule has 3 nitrogen and oxygen atoms in total. The van der Waals surface area contributed by atoms with Gasteiger partial charge in [-0.1, -0.05) is 17.7 Å². The van der Waals surface area contributed by atoms with Gasteiger partial charge in [-0.15, -0.1) is 0 Å². The number of nitrogens with zero attached hydrogens (tertiary/aromatic N) is 1. The zero-order chi connectivity index (χ0) is 16.3. The maximum absolute atomic E-state index is 13.7. The molecule has 1 fully saturated rings. The van der Waals surface area contributed by atoms with Crippen molar-refractivity contribution in [2.45, 2.75) is 24.6 Å². The molecule has 22 heavy (non-hydrogen) atoms. The highest BCUT2D eigenvalue weighted by atomic mass is 35.5. The van der Waals surface area contributed by atoms with Crippen molar-refractivity contribution in [3.05, 3.63) is 34.6 Å². The maximum Gasteiger partial charge on any atom is 0.232 e. The molecule has 122 valence electrons. The van der Waals surface area contributed by atoms with Crippen LogP contribution >= 0.6 is 23.4 Å². The molecule has 6 heteroatoms. The summed E-state index contributed by atoms with van der Waals surface area (Å²) < 4.78 is 13.7. The third kappa shape index (κ3) is 3.94. The number of thioether (sulfide) groups is 1. The molecule has 1 aliphatic heterocycles. The second kappa shape index (κ2) is 7.66. The summed E-state index contributed by atoms with van der Waals surface area (Å²) in [5, 5.41) is 3.11. The van der Waals surface area contributed by atoms with Gasteiger partial charge in [0.25, 0.3) is 0 Å². The molecule has 1 N–H and O–H groups in total. The summed E-state index contributed by atoms with van der Waals surface area (Å²) in [5.74, 6) is -0.0510. The van der Waals surface area contributed by atoms with E-state index in [1.54, 1.807) is 6.07 Å². The highest BCUT2D eigenvalue weighted by Crippen LogP contribution is 2.36. The van der Waals surface area contributed by atoms with Gasteiger partial charge in [0.1, 0.15) is 5.82 Å². The largest absolute Gasteiger partial charge is 0.355 e. The van der Waals surface area contributed by atoms with Crippen molar-refractivity contribution in [3.63, 3.8) is 0 Å². The van der Waals surface area contributed by atoms with Crippen LogP contribution in [0.15, 0.2) is 18.2 Å².